The highest BCUT2D eigenvalue weighted by molar-refractivity contribution is 5.82. The number of nitrogens with one attached hydrogen (secondary N) is 1. The lowest BCUT2D eigenvalue weighted by atomic mass is 9.99. The summed E-state index contributed by atoms with van der Waals surface area (Å²) in [5, 5.41) is 71.7. The molecule has 9 atom stereocenters. The van der Waals surface area contributed by atoms with E-state index >= 15 is 0 Å². The number of imidazole rings is 1. The highest BCUT2D eigenvalue weighted by atomic mass is 16.7. The van der Waals surface area contributed by atoms with Crippen molar-refractivity contribution >= 4 is 17.0 Å². The molecule has 4 rings (SSSR count). The normalized spacial score (nSPS) is 35.4. The monoisotopic (exact) mass is 513 g/mol. The lowest BCUT2D eigenvalue weighted by Crippen LogP contribution is -2.59. The molecule has 2 saturated heterocycles. The minimum atomic E-state index is -1.51. The molecule has 36 heavy (non-hydrogen) atoms. The number of aliphatic hydroxyl groups excluding tert-OH is 7. The van der Waals surface area contributed by atoms with Gasteiger partial charge in [0, 0.05) is 6.54 Å². The van der Waals surface area contributed by atoms with Gasteiger partial charge in [0.2, 0.25) is 0 Å². The van der Waals surface area contributed by atoms with Crippen LogP contribution in [-0.4, -0.2) is 131 Å². The van der Waals surface area contributed by atoms with Gasteiger partial charge in [-0.3, -0.25) is 4.57 Å². The Bertz CT molecular complexity index is 1050. The first-order chi connectivity index (χ1) is 17.3. The van der Waals surface area contributed by atoms with Gasteiger partial charge in [0.05, 0.1) is 26.1 Å². The van der Waals surface area contributed by atoms with Crippen molar-refractivity contribution in [2.24, 2.45) is 0 Å². The van der Waals surface area contributed by atoms with Crippen LogP contribution in [0.15, 0.2) is 24.3 Å². The Morgan fingerprint density at radius 1 is 0.972 bits per heavy atom. The summed E-state index contributed by atoms with van der Waals surface area (Å²) in [6.45, 7) is 1.15. The van der Waals surface area contributed by atoms with Crippen LogP contribution < -0.4 is 5.32 Å². The molecule has 0 aliphatic carbocycles. The molecule has 4 unspecified atom stereocenters. The molecule has 4 heterocycles. The van der Waals surface area contributed by atoms with Gasteiger partial charge in [-0.15, -0.1) is 0 Å². The highest BCUT2D eigenvalue weighted by Gasteiger charge is 2.45. The van der Waals surface area contributed by atoms with Crippen molar-refractivity contribution in [1.82, 2.24) is 19.5 Å². The first kappa shape index (κ1) is 26.7. The summed E-state index contributed by atoms with van der Waals surface area (Å²) in [5.41, 5.74) is 1.51. The van der Waals surface area contributed by atoms with E-state index < -0.39 is 68.5 Å². The second kappa shape index (κ2) is 11.4. The van der Waals surface area contributed by atoms with E-state index in [9.17, 15) is 35.7 Å². The number of hydrogen-bond acceptors (Lipinski definition) is 14. The van der Waals surface area contributed by atoms with Crippen LogP contribution >= 0.6 is 0 Å². The molecule has 200 valence electrons. The van der Waals surface area contributed by atoms with Gasteiger partial charge in [-0.2, -0.15) is 0 Å². The third-order valence-corrected chi connectivity index (χ3v) is 6.19. The maximum atomic E-state index is 10.3. The molecule has 2 aromatic rings. The molecule has 0 amide bonds. The van der Waals surface area contributed by atoms with Crippen LogP contribution in [0.3, 0.4) is 0 Å². The van der Waals surface area contributed by atoms with Crippen molar-refractivity contribution < 1.29 is 50.0 Å². The number of rotatable bonds is 9. The minimum Gasteiger partial charge on any atom is -0.394 e. The molecule has 8 N–H and O–H groups in total. The Hall–Kier alpha value is -2.31. The van der Waals surface area contributed by atoms with Crippen LogP contribution in [0.4, 0.5) is 5.82 Å². The van der Waals surface area contributed by atoms with E-state index in [0.717, 1.165) is 5.57 Å². The van der Waals surface area contributed by atoms with Gasteiger partial charge in [0.25, 0.3) is 0 Å². The summed E-state index contributed by atoms with van der Waals surface area (Å²) in [6, 6.07) is 0. The lowest BCUT2D eigenvalue weighted by molar-refractivity contribution is -0.299. The van der Waals surface area contributed by atoms with Crippen LogP contribution in [0.1, 0.15) is 13.2 Å². The van der Waals surface area contributed by atoms with E-state index in [0.29, 0.717) is 23.5 Å². The van der Waals surface area contributed by atoms with Crippen LogP contribution in [0.5, 0.6) is 0 Å². The third kappa shape index (κ3) is 5.21. The summed E-state index contributed by atoms with van der Waals surface area (Å²) in [4.78, 5) is 12.7. The molecule has 2 aliphatic heterocycles. The zero-order valence-corrected chi connectivity index (χ0v) is 19.4. The molecule has 0 spiro atoms. The zero-order valence-electron chi connectivity index (χ0n) is 19.4. The van der Waals surface area contributed by atoms with Gasteiger partial charge in [-0.05, 0) is 12.5 Å². The fourth-order valence-corrected chi connectivity index (χ4v) is 4.08. The van der Waals surface area contributed by atoms with Crippen molar-refractivity contribution in [2.45, 2.75) is 62.2 Å². The van der Waals surface area contributed by atoms with E-state index in [2.05, 4.69) is 20.3 Å². The van der Waals surface area contributed by atoms with E-state index in [1.807, 2.05) is 0 Å². The number of anilines is 1. The smallest absolute Gasteiger partial charge is 0.187 e. The van der Waals surface area contributed by atoms with Crippen LogP contribution in [0.2, 0.25) is 0 Å². The summed E-state index contributed by atoms with van der Waals surface area (Å²) in [5.74, 6) is 0.407. The molecule has 0 bridgehead atoms. The standard InChI is InChI=1S/C21H31N5O10/c1-9(6-34-21-17(33)15(31)13(29)11(5-28)36-21)2-3-22-18-12-19(24-7-23-18)26(8-25-12)20-16(32)14(30)10(4-27)35-20/h2,7-8,10-11,13-17,20-21,27-33H,3-6H2,1H3,(H,22,23,24)/b9-2+/t10-,11?,13?,14-,15?,16-,17?,20-,21+/m1/s1. The largest absolute Gasteiger partial charge is 0.394 e. The fraction of sp³-hybridized carbons (Fsp3) is 0.667. The molecular weight excluding hydrogens is 482 g/mol. The summed E-state index contributed by atoms with van der Waals surface area (Å²) >= 11 is 0. The van der Waals surface area contributed by atoms with Crippen molar-refractivity contribution in [1.29, 1.82) is 0 Å². The number of ether oxygens (including phenoxy) is 3. The number of hydrogen-bond donors (Lipinski definition) is 8. The molecule has 0 aromatic carbocycles. The zero-order chi connectivity index (χ0) is 26.0. The fourth-order valence-electron chi connectivity index (χ4n) is 4.08. The average Bonchev–Trinajstić information content (AvgIpc) is 3.43. The number of aromatic nitrogens is 4. The second-order valence-corrected chi connectivity index (χ2v) is 8.71. The topological polar surface area (TPSA) is 225 Å². The maximum absolute atomic E-state index is 10.3. The molecular formula is C21H31N5O10. The SMILES string of the molecule is C/C(=C\CNc1ncnc2c1ncn2[C@@H]1O[C@H](CO)[C@@H](O)[C@H]1O)CO[C@H]1OC(CO)C(O)C(O)C1O. The molecule has 2 aliphatic rings. The predicted octanol–water partition coefficient (Wildman–Crippen LogP) is -3.39. The van der Waals surface area contributed by atoms with Crippen LogP contribution in [0.25, 0.3) is 11.2 Å². The van der Waals surface area contributed by atoms with E-state index in [1.54, 1.807) is 13.0 Å². The molecule has 15 heteroatoms. The van der Waals surface area contributed by atoms with Gasteiger partial charge in [0.15, 0.2) is 29.5 Å². The first-order valence-corrected chi connectivity index (χ1v) is 11.4. The van der Waals surface area contributed by atoms with Gasteiger partial charge in [-0.25, -0.2) is 15.0 Å². The van der Waals surface area contributed by atoms with E-state index in [4.69, 9.17) is 14.2 Å². The maximum Gasteiger partial charge on any atom is 0.187 e. The highest BCUT2D eigenvalue weighted by Crippen LogP contribution is 2.32. The van der Waals surface area contributed by atoms with Gasteiger partial charge in [-0.1, -0.05) is 6.08 Å². The van der Waals surface area contributed by atoms with Crippen molar-refractivity contribution in [2.75, 3.05) is 31.7 Å². The minimum absolute atomic E-state index is 0.0451. The van der Waals surface area contributed by atoms with Crippen LogP contribution in [0, 0.1) is 0 Å². The molecule has 0 saturated carbocycles. The first-order valence-electron chi connectivity index (χ1n) is 11.4. The Balaban J connectivity index is 1.36. The van der Waals surface area contributed by atoms with E-state index in [1.165, 1.54) is 17.2 Å². The third-order valence-electron chi connectivity index (χ3n) is 6.19. The Labute approximate surface area is 205 Å². The number of fused-ring (bicyclic) bond motifs is 1. The molecule has 2 fully saturated rings. The van der Waals surface area contributed by atoms with Gasteiger partial charge in [0.1, 0.15) is 49.1 Å². The molecule has 0 radical (unpaired) electrons. The van der Waals surface area contributed by atoms with Crippen molar-refractivity contribution in [3.05, 3.63) is 24.3 Å². The van der Waals surface area contributed by atoms with Crippen LogP contribution in [-0.2, 0) is 14.2 Å². The Morgan fingerprint density at radius 3 is 2.36 bits per heavy atom. The summed E-state index contributed by atoms with van der Waals surface area (Å²) in [6.07, 6.45) is -6.66. The van der Waals surface area contributed by atoms with Crippen molar-refractivity contribution in [3.8, 4) is 0 Å². The van der Waals surface area contributed by atoms with Gasteiger partial charge >= 0.3 is 0 Å². The van der Waals surface area contributed by atoms with Crippen molar-refractivity contribution in [3.63, 3.8) is 0 Å². The molecule has 15 nitrogen and oxygen atoms in total. The number of aliphatic hydroxyl groups is 7. The van der Waals surface area contributed by atoms with Gasteiger partial charge < -0.3 is 55.3 Å². The predicted molar refractivity (Wildman–Crippen MR) is 120 cm³/mol. The summed E-state index contributed by atoms with van der Waals surface area (Å²) < 4.78 is 17.8. The Kier molecular flexibility index (Phi) is 8.46. The summed E-state index contributed by atoms with van der Waals surface area (Å²) in [7, 11) is 0. The number of nitrogens with zero attached hydrogens (tertiary/aromatic N) is 4. The molecule has 2 aromatic heterocycles. The quantitative estimate of drug-likeness (QED) is 0.153. The van der Waals surface area contributed by atoms with E-state index in [-0.39, 0.29) is 6.61 Å². The lowest BCUT2D eigenvalue weighted by Gasteiger charge is -2.39. The average molecular weight is 514 g/mol. The Morgan fingerprint density at radius 2 is 1.67 bits per heavy atom. The second-order valence-electron chi connectivity index (χ2n) is 8.71.